The van der Waals surface area contributed by atoms with Crippen LogP contribution in [0.3, 0.4) is 0 Å². The van der Waals surface area contributed by atoms with E-state index in [1.54, 1.807) is 30.5 Å². The minimum Gasteiger partial charge on any atom is -0.507 e. The van der Waals surface area contributed by atoms with Crippen molar-refractivity contribution in [3.8, 4) is 0 Å². The summed E-state index contributed by atoms with van der Waals surface area (Å²) in [7, 11) is 1.53. The molecule has 1 aliphatic rings. The lowest BCUT2D eigenvalue weighted by molar-refractivity contribution is -0.140. The first-order valence-electron chi connectivity index (χ1n) is 9.12. The van der Waals surface area contributed by atoms with Gasteiger partial charge in [-0.2, -0.15) is 0 Å². The zero-order valence-electron chi connectivity index (χ0n) is 15.7. The second kappa shape index (κ2) is 7.73. The fourth-order valence-corrected chi connectivity index (χ4v) is 3.83. The fourth-order valence-electron chi connectivity index (χ4n) is 3.71. The lowest BCUT2D eigenvalue weighted by Crippen LogP contribution is -2.32. The Morgan fingerprint density at radius 1 is 1.17 bits per heavy atom. The molecule has 1 amide bonds. The predicted molar refractivity (Wildman–Crippen MR) is 111 cm³/mol. The number of ketones is 1. The summed E-state index contributed by atoms with van der Waals surface area (Å²) in [5.74, 6) is -1.60. The number of H-pyrrole nitrogens is 1. The van der Waals surface area contributed by atoms with Crippen molar-refractivity contribution in [2.45, 2.75) is 6.04 Å². The van der Waals surface area contributed by atoms with Crippen LogP contribution in [0.25, 0.3) is 16.7 Å². The molecule has 148 valence electrons. The smallest absolute Gasteiger partial charge is 0.295 e. The van der Waals surface area contributed by atoms with Gasteiger partial charge >= 0.3 is 0 Å². The highest BCUT2D eigenvalue weighted by Crippen LogP contribution is 2.41. The second-order valence-electron chi connectivity index (χ2n) is 6.78. The lowest BCUT2D eigenvalue weighted by Gasteiger charge is -2.24. The Bertz CT molecular complexity index is 1120. The quantitative estimate of drug-likeness (QED) is 0.380. The molecule has 1 saturated heterocycles. The summed E-state index contributed by atoms with van der Waals surface area (Å²) in [5, 5.41) is 12.4. The van der Waals surface area contributed by atoms with Gasteiger partial charge in [0.2, 0.25) is 0 Å². The molecule has 1 unspecified atom stereocenters. The molecule has 1 aliphatic heterocycles. The van der Waals surface area contributed by atoms with Gasteiger partial charge in [-0.3, -0.25) is 9.59 Å². The number of ether oxygens (including phenoxy) is 1. The molecule has 2 aromatic carbocycles. The van der Waals surface area contributed by atoms with Gasteiger partial charge in [-0.25, -0.2) is 0 Å². The van der Waals surface area contributed by atoms with E-state index >= 15 is 0 Å². The molecule has 1 fully saturated rings. The van der Waals surface area contributed by atoms with Crippen LogP contribution >= 0.6 is 11.6 Å². The van der Waals surface area contributed by atoms with Gasteiger partial charge in [-0.15, -0.1) is 0 Å². The number of amides is 1. The van der Waals surface area contributed by atoms with Gasteiger partial charge in [0.1, 0.15) is 5.76 Å². The number of likely N-dealkylation sites (tertiary alicyclic amines) is 1. The molecule has 1 aromatic heterocycles. The van der Waals surface area contributed by atoms with Crippen LogP contribution in [0.15, 0.2) is 60.3 Å². The molecule has 0 saturated carbocycles. The Kier molecular flexibility index (Phi) is 5.13. The summed E-state index contributed by atoms with van der Waals surface area (Å²) in [6.45, 7) is 0.496. The standard InChI is InChI=1S/C22H19ClN2O4/c1-29-11-10-25-19(16-12-24-17-5-3-2-4-15(16)17)18(21(27)22(25)28)20(26)13-6-8-14(23)9-7-13/h2-9,12,19,24,26H,10-11H2,1H3/b20-18+. The Hall–Kier alpha value is -3.09. The third-order valence-corrected chi connectivity index (χ3v) is 5.36. The summed E-state index contributed by atoms with van der Waals surface area (Å²) in [4.78, 5) is 30.3. The van der Waals surface area contributed by atoms with E-state index in [0.717, 1.165) is 16.5 Å². The van der Waals surface area contributed by atoms with Crippen molar-refractivity contribution in [3.63, 3.8) is 0 Å². The number of halogens is 1. The van der Waals surface area contributed by atoms with Gasteiger partial charge in [0.25, 0.3) is 11.7 Å². The first-order chi connectivity index (χ1) is 14.0. The van der Waals surface area contributed by atoms with E-state index in [1.165, 1.54) is 12.0 Å². The van der Waals surface area contributed by atoms with E-state index in [1.807, 2.05) is 24.3 Å². The average molecular weight is 411 g/mol. The summed E-state index contributed by atoms with van der Waals surface area (Å²) >= 11 is 5.94. The minimum absolute atomic E-state index is 0.0539. The maximum atomic E-state index is 12.9. The summed E-state index contributed by atoms with van der Waals surface area (Å²) in [6.07, 6.45) is 1.77. The molecule has 29 heavy (non-hydrogen) atoms. The highest BCUT2D eigenvalue weighted by molar-refractivity contribution is 6.46. The number of aliphatic hydroxyl groups excluding tert-OH is 1. The molecule has 6 nitrogen and oxygen atoms in total. The number of aromatic amines is 1. The molecule has 2 N–H and O–H groups in total. The Morgan fingerprint density at radius 3 is 2.62 bits per heavy atom. The number of fused-ring (bicyclic) bond motifs is 1. The maximum absolute atomic E-state index is 12.9. The predicted octanol–water partition coefficient (Wildman–Crippen LogP) is 3.89. The van der Waals surface area contributed by atoms with Crippen LogP contribution in [0, 0.1) is 0 Å². The van der Waals surface area contributed by atoms with Crippen molar-refractivity contribution in [1.29, 1.82) is 0 Å². The number of aliphatic hydroxyl groups is 1. The van der Waals surface area contributed by atoms with Crippen LogP contribution in [0.2, 0.25) is 5.02 Å². The Labute approximate surface area is 172 Å². The normalized spacial score (nSPS) is 18.7. The molecular weight excluding hydrogens is 392 g/mol. The van der Waals surface area contributed by atoms with Crippen molar-refractivity contribution < 1.29 is 19.4 Å². The van der Waals surface area contributed by atoms with E-state index in [9.17, 15) is 14.7 Å². The molecular formula is C22H19ClN2O4. The molecule has 3 aromatic rings. The zero-order chi connectivity index (χ0) is 20.5. The largest absolute Gasteiger partial charge is 0.507 e. The van der Waals surface area contributed by atoms with Crippen LogP contribution in [0.1, 0.15) is 17.2 Å². The molecule has 0 aliphatic carbocycles. The third-order valence-electron chi connectivity index (χ3n) is 5.11. The summed E-state index contributed by atoms with van der Waals surface area (Å²) in [5.41, 5.74) is 2.10. The van der Waals surface area contributed by atoms with Gasteiger partial charge < -0.3 is 19.7 Å². The van der Waals surface area contributed by atoms with E-state index in [-0.39, 0.29) is 24.5 Å². The number of carbonyl (C=O) groups excluding carboxylic acids is 2. The van der Waals surface area contributed by atoms with E-state index in [4.69, 9.17) is 16.3 Å². The molecule has 4 rings (SSSR count). The third kappa shape index (κ3) is 3.30. The maximum Gasteiger partial charge on any atom is 0.295 e. The van der Waals surface area contributed by atoms with Crippen molar-refractivity contribution in [2.75, 3.05) is 20.3 Å². The minimum atomic E-state index is -0.725. The van der Waals surface area contributed by atoms with Crippen molar-refractivity contribution in [3.05, 3.63) is 76.5 Å². The summed E-state index contributed by atoms with van der Waals surface area (Å²) < 4.78 is 5.13. The first kappa shape index (κ1) is 19.2. The zero-order valence-corrected chi connectivity index (χ0v) is 16.4. The number of carbonyl (C=O) groups is 2. The number of benzene rings is 2. The van der Waals surface area contributed by atoms with Crippen LogP contribution in [-0.4, -0.2) is 46.9 Å². The van der Waals surface area contributed by atoms with Crippen LogP contribution in [-0.2, 0) is 14.3 Å². The van der Waals surface area contributed by atoms with Crippen molar-refractivity contribution in [2.24, 2.45) is 0 Å². The van der Waals surface area contributed by atoms with Crippen LogP contribution in [0.5, 0.6) is 0 Å². The van der Waals surface area contributed by atoms with Gasteiger partial charge in [-0.1, -0.05) is 29.8 Å². The van der Waals surface area contributed by atoms with Gasteiger partial charge in [0, 0.05) is 46.9 Å². The molecule has 1 atom stereocenters. The lowest BCUT2D eigenvalue weighted by atomic mass is 9.95. The molecule has 0 spiro atoms. The number of aromatic nitrogens is 1. The van der Waals surface area contributed by atoms with Crippen molar-refractivity contribution >= 4 is 40.0 Å². The monoisotopic (exact) mass is 410 g/mol. The number of nitrogens with zero attached hydrogens (tertiary/aromatic N) is 1. The van der Waals surface area contributed by atoms with Gasteiger partial charge in [-0.05, 0) is 30.3 Å². The molecule has 0 radical (unpaired) electrons. The fraction of sp³-hybridized carbons (Fsp3) is 0.182. The number of rotatable bonds is 5. The van der Waals surface area contributed by atoms with E-state index in [0.29, 0.717) is 10.6 Å². The number of para-hydroxylation sites is 1. The Balaban J connectivity index is 1.92. The average Bonchev–Trinajstić information content (AvgIpc) is 3.26. The first-order valence-corrected chi connectivity index (χ1v) is 9.50. The molecule has 0 bridgehead atoms. The molecule has 2 heterocycles. The Morgan fingerprint density at radius 2 is 1.90 bits per heavy atom. The highest BCUT2D eigenvalue weighted by Gasteiger charge is 2.46. The van der Waals surface area contributed by atoms with Crippen LogP contribution < -0.4 is 0 Å². The van der Waals surface area contributed by atoms with Gasteiger partial charge in [0.05, 0.1) is 18.2 Å². The van der Waals surface area contributed by atoms with Crippen LogP contribution in [0.4, 0.5) is 0 Å². The number of hydrogen-bond donors (Lipinski definition) is 2. The van der Waals surface area contributed by atoms with Gasteiger partial charge in [0.15, 0.2) is 0 Å². The highest BCUT2D eigenvalue weighted by atomic mass is 35.5. The van der Waals surface area contributed by atoms with Crippen molar-refractivity contribution in [1.82, 2.24) is 9.88 Å². The topological polar surface area (TPSA) is 82.6 Å². The SMILES string of the molecule is COCCN1C(=O)C(=O)/C(=C(/O)c2ccc(Cl)cc2)C1c1c[nH]c2ccccc12. The number of hydrogen-bond acceptors (Lipinski definition) is 4. The molecule has 7 heteroatoms. The number of methoxy groups -OCH3 is 1. The van der Waals surface area contributed by atoms with E-state index < -0.39 is 17.7 Å². The number of nitrogens with one attached hydrogen (secondary N) is 1. The summed E-state index contributed by atoms with van der Waals surface area (Å²) in [6, 6.07) is 13.4. The number of Topliss-reactive ketones (excluding diaryl/α,β-unsaturated/α-hetero) is 1. The second-order valence-corrected chi connectivity index (χ2v) is 7.22. The van der Waals surface area contributed by atoms with E-state index in [2.05, 4.69) is 4.98 Å².